The van der Waals surface area contributed by atoms with E-state index in [0.29, 0.717) is 0 Å². The predicted octanol–water partition coefficient (Wildman–Crippen LogP) is 10.5. The SMILES string of the molecule is CCCCCC=Cc1cccc(N=CC(CCCC)=Nc2cccc(C=CCCCCC)c2)c1.[Pd]. The van der Waals surface area contributed by atoms with Gasteiger partial charge in [0.05, 0.1) is 17.1 Å². The molecule has 0 bridgehead atoms. The summed E-state index contributed by atoms with van der Waals surface area (Å²) in [4.78, 5) is 9.72. The summed E-state index contributed by atoms with van der Waals surface area (Å²) in [6.07, 6.45) is 24.1. The van der Waals surface area contributed by atoms with Gasteiger partial charge in [0.1, 0.15) is 0 Å². The molecule has 0 radical (unpaired) electrons. The van der Waals surface area contributed by atoms with Crippen molar-refractivity contribution < 1.29 is 20.4 Å². The Morgan fingerprint density at radius 1 is 0.686 bits per heavy atom. The minimum Gasteiger partial charge on any atom is -0.255 e. The molecule has 0 aliphatic rings. The van der Waals surface area contributed by atoms with E-state index >= 15 is 0 Å². The fraction of sp³-hybridized carbons (Fsp3) is 0.438. The Morgan fingerprint density at radius 2 is 1.23 bits per heavy atom. The normalized spacial score (nSPS) is 12.1. The Kier molecular flexibility index (Phi) is 17.8. The zero-order valence-corrected chi connectivity index (χ0v) is 23.5. The van der Waals surface area contributed by atoms with Crippen molar-refractivity contribution in [2.75, 3.05) is 0 Å². The monoisotopic (exact) mass is 562 g/mol. The first-order valence-electron chi connectivity index (χ1n) is 13.4. The molecule has 2 nitrogen and oxygen atoms in total. The second kappa shape index (κ2) is 20.1. The molecule has 3 heteroatoms. The van der Waals surface area contributed by atoms with Crippen molar-refractivity contribution in [1.29, 1.82) is 0 Å². The molecule has 0 amide bonds. The first-order valence-corrected chi connectivity index (χ1v) is 13.4. The molecule has 2 rings (SSSR count). The van der Waals surface area contributed by atoms with Crippen LogP contribution < -0.4 is 0 Å². The summed E-state index contributed by atoms with van der Waals surface area (Å²) in [6, 6.07) is 16.9. The summed E-state index contributed by atoms with van der Waals surface area (Å²) in [7, 11) is 0. The van der Waals surface area contributed by atoms with E-state index in [1.807, 2.05) is 6.21 Å². The minimum atomic E-state index is 0. The molecule has 0 heterocycles. The zero-order valence-electron chi connectivity index (χ0n) is 22.0. The average Bonchev–Trinajstić information content (AvgIpc) is 2.86. The molecule has 0 unspecified atom stereocenters. The summed E-state index contributed by atoms with van der Waals surface area (Å²) in [5.41, 5.74) is 5.42. The van der Waals surface area contributed by atoms with Gasteiger partial charge in [-0.25, -0.2) is 0 Å². The van der Waals surface area contributed by atoms with Gasteiger partial charge in [0, 0.05) is 26.6 Å². The van der Waals surface area contributed by atoms with Crippen LogP contribution in [-0.2, 0) is 20.4 Å². The molecule has 0 saturated heterocycles. The number of unbranched alkanes of at least 4 members (excludes halogenated alkanes) is 7. The Labute approximate surface area is 228 Å². The molecule has 2 aromatic carbocycles. The fourth-order valence-corrected chi connectivity index (χ4v) is 3.69. The molecule has 0 fully saturated rings. The molecule has 2 aromatic rings. The molecule has 0 aliphatic heterocycles. The molecular weight excluding hydrogens is 519 g/mol. The number of hydrogen-bond donors (Lipinski definition) is 0. The third-order valence-electron chi connectivity index (χ3n) is 5.73. The van der Waals surface area contributed by atoms with Gasteiger partial charge in [-0.1, -0.05) is 101 Å². The van der Waals surface area contributed by atoms with Crippen LogP contribution in [-0.4, -0.2) is 11.9 Å². The predicted molar refractivity (Wildman–Crippen MR) is 154 cm³/mol. The smallest absolute Gasteiger partial charge is 0.0639 e. The van der Waals surface area contributed by atoms with Gasteiger partial charge in [-0.15, -0.1) is 0 Å². The number of allylic oxidation sites excluding steroid dienone is 2. The number of hydrogen-bond acceptors (Lipinski definition) is 2. The van der Waals surface area contributed by atoms with Gasteiger partial charge in [-0.3, -0.25) is 9.98 Å². The first-order chi connectivity index (χ1) is 16.7. The van der Waals surface area contributed by atoms with E-state index in [1.54, 1.807) is 0 Å². The van der Waals surface area contributed by atoms with Crippen LogP contribution in [0.3, 0.4) is 0 Å². The quantitative estimate of drug-likeness (QED) is 0.110. The summed E-state index contributed by atoms with van der Waals surface area (Å²) < 4.78 is 0. The van der Waals surface area contributed by atoms with Gasteiger partial charge in [-0.05, 0) is 73.9 Å². The molecule has 0 atom stereocenters. The number of rotatable bonds is 16. The van der Waals surface area contributed by atoms with E-state index in [0.717, 1.165) is 49.2 Å². The molecule has 0 N–H and O–H groups in total. The van der Waals surface area contributed by atoms with Crippen molar-refractivity contribution in [1.82, 2.24) is 0 Å². The maximum Gasteiger partial charge on any atom is 0.0639 e. The third kappa shape index (κ3) is 14.2. The summed E-state index contributed by atoms with van der Waals surface area (Å²) in [5.74, 6) is 0. The molecule has 0 spiro atoms. The summed E-state index contributed by atoms with van der Waals surface area (Å²) >= 11 is 0. The van der Waals surface area contributed by atoms with E-state index in [2.05, 4.69) is 93.6 Å². The molecular formula is C32H44N2Pd. The van der Waals surface area contributed by atoms with Gasteiger partial charge in [-0.2, -0.15) is 0 Å². The van der Waals surface area contributed by atoms with Gasteiger partial charge in [0.25, 0.3) is 0 Å². The van der Waals surface area contributed by atoms with Crippen molar-refractivity contribution in [3.8, 4) is 0 Å². The number of benzene rings is 2. The van der Waals surface area contributed by atoms with Crippen molar-refractivity contribution in [2.24, 2.45) is 9.98 Å². The van der Waals surface area contributed by atoms with E-state index in [9.17, 15) is 0 Å². The largest absolute Gasteiger partial charge is 0.255 e. The summed E-state index contributed by atoms with van der Waals surface area (Å²) in [6.45, 7) is 6.70. The zero-order chi connectivity index (χ0) is 24.3. The third-order valence-corrected chi connectivity index (χ3v) is 5.73. The maximum absolute atomic E-state index is 4.95. The van der Waals surface area contributed by atoms with Crippen LogP contribution in [0.15, 0.2) is 70.7 Å². The Hall–Kier alpha value is -2.08. The van der Waals surface area contributed by atoms with Crippen LogP contribution in [0.2, 0.25) is 0 Å². The Morgan fingerprint density at radius 3 is 1.80 bits per heavy atom. The van der Waals surface area contributed by atoms with Crippen LogP contribution in [0.1, 0.15) is 103 Å². The van der Waals surface area contributed by atoms with Gasteiger partial charge in [0.15, 0.2) is 0 Å². The Bertz CT molecular complexity index is 940. The standard InChI is InChI=1S/C32H44N2.Pd/c1-4-7-10-12-14-18-28-20-16-23-30(25-28)33-27-32(22-9-6-3)34-31-24-17-21-29(26-31)19-15-13-11-8-5-2;/h14-21,23-27H,4-13,22H2,1-3H3;. The van der Waals surface area contributed by atoms with E-state index in [4.69, 9.17) is 9.98 Å². The molecule has 0 aliphatic carbocycles. The maximum atomic E-state index is 4.95. The Balaban J connectivity index is 0.00000612. The van der Waals surface area contributed by atoms with Crippen molar-refractivity contribution in [3.05, 3.63) is 71.8 Å². The minimum absolute atomic E-state index is 0. The van der Waals surface area contributed by atoms with E-state index in [-0.39, 0.29) is 20.4 Å². The van der Waals surface area contributed by atoms with Crippen LogP contribution in [0.4, 0.5) is 11.4 Å². The second-order valence-corrected chi connectivity index (χ2v) is 8.95. The van der Waals surface area contributed by atoms with Gasteiger partial charge < -0.3 is 0 Å². The number of nitrogens with zero attached hydrogens (tertiary/aromatic N) is 2. The number of aliphatic imine (C=N–C) groups is 2. The van der Waals surface area contributed by atoms with Crippen molar-refractivity contribution in [3.63, 3.8) is 0 Å². The van der Waals surface area contributed by atoms with E-state index in [1.165, 1.54) is 49.7 Å². The molecule has 0 aromatic heterocycles. The van der Waals surface area contributed by atoms with Crippen LogP contribution in [0, 0.1) is 0 Å². The van der Waals surface area contributed by atoms with Crippen LogP contribution in [0.25, 0.3) is 12.2 Å². The topological polar surface area (TPSA) is 24.7 Å². The fourth-order valence-electron chi connectivity index (χ4n) is 3.69. The molecule has 35 heavy (non-hydrogen) atoms. The molecule has 192 valence electrons. The molecule has 0 saturated carbocycles. The summed E-state index contributed by atoms with van der Waals surface area (Å²) in [5, 5.41) is 0. The van der Waals surface area contributed by atoms with Gasteiger partial charge >= 0.3 is 0 Å². The van der Waals surface area contributed by atoms with Gasteiger partial charge in [0.2, 0.25) is 0 Å². The first kappa shape index (κ1) is 31.0. The van der Waals surface area contributed by atoms with Crippen molar-refractivity contribution in [2.45, 2.75) is 91.4 Å². The average molecular weight is 563 g/mol. The van der Waals surface area contributed by atoms with Crippen molar-refractivity contribution >= 4 is 35.5 Å². The van der Waals surface area contributed by atoms with Crippen LogP contribution in [0.5, 0.6) is 0 Å². The second-order valence-electron chi connectivity index (χ2n) is 8.95. The van der Waals surface area contributed by atoms with E-state index < -0.39 is 0 Å². The van der Waals surface area contributed by atoms with Crippen LogP contribution >= 0.6 is 0 Å².